The molecule has 0 saturated carbocycles. The first-order valence-electron chi connectivity index (χ1n) is 5.97. The Labute approximate surface area is 104 Å². The summed E-state index contributed by atoms with van der Waals surface area (Å²) in [6.45, 7) is 8.47. The van der Waals surface area contributed by atoms with Crippen LogP contribution in [0.4, 0.5) is 0 Å². The van der Waals surface area contributed by atoms with Crippen molar-refractivity contribution in [1.29, 1.82) is 0 Å². The fourth-order valence-corrected chi connectivity index (χ4v) is 1.39. The van der Waals surface area contributed by atoms with Crippen LogP contribution in [0.15, 0.2) is 24.3 Å². The van der Waals surface area contributed by atoms with Gasteiger partial charge in [-0.1, -0.05) is 18.2 Å². The van der Waals surface area contributed by atoms with Crippen LogP contribution in [0.5, 0.6) is 5.75 Å². The third-order valence-corrected chi connectivity index (χ3v) is 2.33. The van der Waals surface area contributed by atoms with Crippen LogP contribution in [0.1, 0.15) is 26.3 Å². The highest BCUT2D eigenvalue weighted by atomic mass is 16.5. The van der Waals surface area contributed by atoms with E-state index in [9.17, 15) is 0 Å². The maximum Gasteiger partial charge on any atom is 0.123 e. The molecule has 0 amide bonds. The molecule has 0 aliphatic carbocycles. The van der Waals surface area contributed by atoms with Crippen molar-refractivity contribution in [2.45, 2.75) is 32.9 Å². The predicted molar refractivity (Wildman–Crippen MR) is 70.4 cm³/mol. The standard InChI is InChI=1S/C14H23NO2/c1-14(2,3)15-11-12-7-5-6-8-13(12)17-10-9-16-4/h5-8,15H,9-11H2,1-4H3. The highest BCUT2D eigenvalue weighted by Crippen LogP contribution is 2.18. The second kappa shape index (κ2) is 6.62. The first-order chi connectivity index (χ1) is 8.03. The molecule has 0 atom stereocenters. The van der Waals surface area contributed by atoms with E-state index in [1.165, 1.54) is 5.56 Å². The van der Waals surface area contributed by atoms with Crippen molar-refractivity contribution < 1.29 is 9.47 Å². The molecule has 1 aromatic rings. The third kappa shape index (κ3) is 5.71. The Morgan fingerprint density at radius 2 is 1.82 bits per heavy atom. The normalized spacial score (nSPS) is 11.5. The largest absolute Gasteiger partial charge is 0.491 e. The van der Waals surface area contributed by atoms with Gasteiger partial charge in [0.2, 0.25) is 0 Å². The molecule has 0 bridgehead atoms. The van der Waals surface area contributed by atoms with E-state index >= 15 is 0 Å². The molecule has 3 heteroatoms. The number of nitrogens with one attached hydrogen (secondary N) is 1. The second-order valence-corrected chi connectivity index (χ2v) is 5.05. The van der Waals surface area contributed by atoms with E-state index in [-0.39, 0.29) is 5.54 Å². The van der Waals surface area contributed by atoms with Gasteiger partial charge < -0.3 is 14.8 Å². The molecular formula is C14H23NO2. The van der Waals surface area contributed by atoms with Crippen molar-refractivity contribution in [3.8, 4) is 5.75 Å². The lowest BCUT2D eigenvalue weighted by atomic mass is 10.1. The molecule has 0 fully saturated rings. The number of rotatable bonds is 6. The molecule has 0 aliphatic heterocycles. The van der Waals surface area contributed by atoms with Crippen LogP contribution in [-0.2, 0) is 11.3 Å². The summed E-state index contributed by atoms with van der Waals surface area (Å²) in [6, 6.07) is 8.10. The zero-order valence-corrected chi connectivity index (χ0v) is 11.2. The summed E-state index contributed by atoms with van der Waals surface area (Å²) < 4.78 is 10.7. The Bertz CT molecular complexity index is 331. The number of methoxy groups -OCH3 is 1. The predicted octanol–water partition coefficient (Wildman–Crippen LogP) is 2.60. The quantitative estimate of drug-likeness (QED) is 0.771. The maximum atomic E-state index is 5.68. The van der Waals surface area contributed by atoms with Gasteiger partial charge in [0, 0.05) is 24.8 Å². The van der Waals surface area contributed by atoms with Crippen molar-refractivity contribution in [2.24, 2.45) is 0 Å². The smallest absolute Gasteiger partial charge is 0.123 e. The minimum atomic E-state index is 0.111. The summed E-state index contributed by atoms with van der Waals surface area (Å²) in [4.78, 5) is 0. The fourth-order valence-electron chi connectivity index (χ4n) is 1.39. The van der Waals surface area contributed by atoms with Crippen LogP contribution >= 0.6 is 0 Å². The van der Waals surface area contributed by atoms with E-state index in [2.05, 4.69) is 32.2 Å². The van der Waals surface area contributed by atoms with Crippen LogP contribution in [0.25, 0.3) is 0 Å². The van der Waals surface area contributed by atoms with Gasteiger partial charge in [-0.15, -0.1) is 0 Å². The number of hydrogen-bond donors (Lipinski definition) is 1. The van der Waals surface area contributed by atoms with Gasteiger partial charge in [0.25, 0.3) is 0 Å². The highest BCUT2D eigenvalue weighted by Gasteiger charge is 2.10. The lowest BCUT2D eigenvalue weighted by Gasteiger charge is -2.21. The van der Waals surface area contributed by atoms with Gasteiger partial charge in [0.15, 0.2) is 0 Å². The number of hydrogen-bond acceptors (Lipinski definition) is 3. The number of benzene rings is 1. The molecular weight excluding hydrogens is 214 g/mol. The molecule has 1 aromatic carbocycles. The molecule has 1 rings (SSSR count). The van der Waals surface area contributed by atoms with Crippen molar-refractivity contribution >= 4 is 0 Å². The van der Waals surface area contributed by atoms with Crippen molar-refractivity contribution in [2.75, 3.05) is 20.3 Å². The third-order valence-electron chi connectivity index (χ3n) is 2.33. The molecule has 0 aromatic heterocycles. The van der Waals surface area contributed by atoms with Crippen LogP contribution in [0.3, 0.4) is 0 Å². The van der Waals surface area contributed by atoms with E-state index in [1.807, 2.05) is 18.2 Å². The molecule has 0 radical (unpaired) electrons. The number of ether oxygens (including phenoxy) is 2. The summed E-state index contributed by atoms with van der Waals surface area (Å²) in [5.41, 5.74) is 1.29. The van der Waals surface area contributed by atoms with E-state index in [0.717, 1.165) is 12.3 Å². The average molecular weight is 237 g/mol. The molecule has 1 N–H and O–H groups in total. The van der Waals surface area contributed by atoms with Gasteiger partial charge in [-0.2, -0.15) is 0 Å². The minimum Gasteiger partial charge on any atom is -0.491 e. The molecule has 0 spiro atoms. The van der Waals surface area contributed by atoms with Gasteiger partial charge in [-0.25, -0.2) is 0 Å². The Morgan fingerprint density at radius 3 is 2.47 bits per heavy atom. The zero-order chi connectivity index (χ0) is 12.7. The molecule has 17 heavy (non-hydrogen) atoms. The second-order valence-electron chi connectivity index (χ2n) is 5.05. The molecule has 0 aliphatic rings. The van der Waals surface area contributed by atoms with Crippen molar-refractivity contribution in [1.82, 2.24) is 5.32 Å². The van der Waals surface area contributed by atoms with Crippen LogP contribution in [0.2, 0.25) is 0 Å². The summed E-state index contributed by atoms with van der Waals surface area (Å²) in [7, 11) is 1.68. The van der Waals surface area contributed by atoms with E-state index in [4.69, 9.17) is 9.47 Å². The van der Waals surface area contributed by atoms with Crippen LogP contribution in [-0.4, -0.2) is 25.9 Å². The van der Waals surface area contributed by atoms with Crippen molar-refractivity contribution in [3.05, 3.63) is 29.8 Å². The van der Waals surface area contributed by atoms with E-state index < -0.39 is 0 Å². The van der Waals surface area contributed by atoms with Crippen LogP contribution < -0.4 is 10.1 Å². The lowest BCUT2D eigenvalue weighted by molar-refractivity contribution is 0.145. The van der Waals surface area contributed by atoms with Gasteiger partial charge in [0.05, 0.1) is 6.61 Å². The van der Waals surface area contributed by atoms with E-state index in [0.29, 0.717) is 13.2 Å². The van der Waals surface area contributed by atoms with Gasteiger partial charge in [0.1, 0.15) is 12.4 Å². The average Bonchev–Trinajstić information content (AvgIpc) is 2.27. The van der Waals surface area contributed by atoms with Crippen LogP contribution in [0, 0.1) is 0 Å². The Hall–Kier alpha value is -1.06. The summed E-state index contributed by atoms with van der Waals surface area (Å²) in [6.07, 6.45) is 0. The summed E-state index contributed by atoms with van der Waals surface area (Å²) in [5.74, 6) is 0.932. The summed E-state index contributed by atoms with van der Waals surface area (Å²) in [5, 5.41) is 3.46. The Kier molecular flexibility index (Phi) is 5.45. The molecule has 3 nitrogen and oxygen atoms in total. The van der Waals surface area contributed by atoms with E-state index in [1.54, 1.807) is 7.11 Å². The number of para-hydroxylation sites is 1. The molecule has 96 valence electrons. The zero-order valence-electron chi connectivity index (χ0n) is 11.2. The minimum absolute atomic E-state index is 0.111. The SMILES string of the molecule is COCCOc1ccccc1CNC(C)(C)C. The highest BCUT2D eigenvalue weighted by molar-refractivity contribution is 5.33. The first-order valence-corrected chi connectivity index (χ1v) is 5.97. The molecule has 0 unspecified atom stereocenters. The molecule has 0 heterocycles. The topological polar surface area (TPSA) is 30.5 Å². The monoisotopic (exact) mass is 237 g/mol. The van der Waals surface area contributed by atoms with Crippen molar-refractivity contribution in [3.63, 3.8) is 0 Å². The molecule has 0 saturated heterocycles. The lowest BCUT2D eigenvalue weighted by Crippen LogP contribution is -2.35. The maximum absolute atomic E-state index is 5.68. The Morgan fingerprint density at radius 1 is 1.12 bits per heavy atom. The van der Waals surface area contributed by atoms with Gasteiger partial charge >= 0.3 is 0 Å². The Balaban J connectivity index is 2.58. The first kappa shape index (κ1) is 14.0. The van der Waals surface area contributed by atoms with Gasteiger partial charge in [-0.05, 0) is 26.8 Å². The fraction of sp³-hybridized carbons (Fsp3) is 0.571. The summed E-state index contributed by atoms with van der Waals surface area (Å²) >= 11 is 0. The van der Waals surface area contributed by atoms with Gasteiger partial charge in [-0.3, -0.25) is 0 Å².